The minimum Gasteiger partial charge on any atom is -0.317 e. The summed E-state index contributed by atoms with van der Waals surface area (Å²) in [5, 5.41) is 3.40. The highest BCUT2D eigenvalue weighted by Crippen LogP contribution is 2.33. The molecule has 1 aliphatic carbocycles. The Morgan fingerprint density at radius 3 is 1.86 bits per heavy atom. The molecule has 0 heterocycles. The highest BCUT2D eigenvalue weighted by Gasteiger charge is 2.27. The molecule has 0 atom stereocenters. The predicted molar refractivity (Wildman–Crippen MR) is 153 cm³/mol. The Morgan fingerprint density at radius 1 is 0.750 bits per heavy atom. The first-order chi connectivity index (χ1) is 17.4. The molecule has 1 fully saturated rings. The van der Waals surface area contributed by atoms with E-state index in [1.54, 1.807) is 0 Å². The Labute approximate surface area is 217 Å². The molecule has 0 bridgehead atoms. The van der Waals surface area contributed by atoms with Gasteiger partial charge in [0.15, 0.2) is 0 Å². The third kappa shape index (κ3) is 6.37. The summed E-state index contributed by atoms with van der Waals surface area (Å²) < 4.78 is 0. The quantitative estimate of drug-likeness (QED) is 0.334. The van der Waals surface area contributed by atoms with Gasteiger partial charge >= 0.3 is 6.03 Å². The average Bonchev–Trinajstić information content (AvgIpc) is 3.17. The van der Waals surface area contributed by atoms with Gasteiger partial charge in [0, 0.05) is 18.3 Å². The van der Waals surface area contributed by atoms with E-state index < -0.39 is 0 Å². The van der Waals surface area contributed by atoms with Crippen LogP contribution in [0.4, 0.5) is 10.5 Å². The summed E-state index contributed by atoms with van der Waals surface area (Å²) >= 11 is 0. The molecule has 36 heavy (non-hydrogen) atoms. The van der Waals surface area contributed by atoms with Gasteiger partial charge in [0.2, 0.25) is 0 Å². The van der Waals surface area contributed by atoms with Crippen molar-refractivity contribution in [2.24, 2.45) is 0 Å². The number of carbonyl (C=O) groups excluding carboxylic acids is 1. The smallest absolute Gasteiger partial charge is 0.317 e. The maximum atomic E-state index is 14.0. The lowest BCUT2D eigenvalue weighted by Crippen LogP contribution is -2.42. The maximum Gasteiger partial charge on any atom is 0.322 e. The van der Waals surface area contributed by atoms with Gasteiger partial charge in [-0.2, -0.15) is 0 Å². The van der Waals surface area contributed by atoms with Crippen molar-refractivity contribution in [2.75, 3.05) is 5.32 Å². The van der Waals surface area contributed by atoms with Crippen molar-refractivity contribution in [1.82, 2.24) is 4.90 Å². The third-order valence-electron chi connectivity index (χ3n) is 7.55. The Kier molecular flexibility index (Phi) is 8.85. The van der Waals surface area contributed by atoms with Gasteiger partial charge in [0.1, 0.15) is 0 Å². The molecule has 190 valence electrons. The number of carbonyl (C=O) groups is 1. The number of urea groups is 1. The fourth-order valence-electron chi connectivity index (χ4n) is 5.44. The van der Waals surface area contributed by atoms with Gasteiger partial charge in [0.25, 0.3) is 0 Å². The molecule has 3 aromatic carbocycles. The summed E-state index contributed by atoms with van der Waals surface area (Å²) in [6.07, 6.45) is 7.09. The largest absolute Gasteiger partial charge is 0.322 e. The molecule has 4 rings (SSSR count). The lowest BCUT2D eigenvalue weighted by molar-refractivity contribution is 0.175. The molecular weight excluding hydrogens is 440 g/mol. The van der Waals surface area contributed by atoms with Crippen LogP contribution in [0.15, 0.2) is 72.8 Å². The van der Waals surface area contributed by atoms with Crippen LogP contribution in [-0.4, -0.2) is 17.0 Å². The van der Waals surface area contributed by atoms with Crippen molar-refractivity contribution in [1.29, 1.82) is 0 Å². The lowest BCUT2D eigenvalue weighted by atomic mass is 9.92. The number of nitrogens with zero attached hydrogens (tertiary/aromatic N) is 1. The number of hydrogen-bond acceptors (Lipinski definition) is 1. The van der Waals surface area contributed by atoms with Crippen LogP contribution >= 0.6 is 0 Å². The molecule has 0 aliphatic heterocycles. The normalized spacial score (nSPS) is 14.6. The zero-order chi connectivity index (χ0) is 25.5. The van der Waals surface area contributed by atoms with Crippen molar-refractivity contribution in [3.05, 3.63) is 89.5 Å². The van der Waals surface area contributed by atoms with Gasteiger partial charge in [-0.25, -0.2) is 4.79 Å². The first-order valence-corrected chi connectivity index (χ1v) is 13.8. The van der Waals surface area contributed by atoms with Crippen LogP contribution in [-0.2, 0) is 6.54 Å². The lowest BCUT2D eigenvalue weighted by Gasteiger charge is -2.32. The van der Waals surface area contributed by atoms with Crippen molar-refractivity contribution in [3.63, 3.8) is 0 Å². The summed E-state index contributed by atoms with van der Waals surface area (Å²) in [6.45, 7) is 9.43. The standard InChI is InChI=1S/C33H42N2O/c1-24(2)30-17-12-18-31(25(3)4)32(30)34-33(36)35(29-15-10-5-6-11-16-29)23-26-19-21-28(22-20-26)27-13-8-7-9-14-27/h7-9,12-14,17-22,24-25,29H,5-6,10-11,15-16,23H2,1-4H3,(H,34,36). The van der Waals surface area contributed by atoms with E-state index in [1.807, 2.05) is 6.07 Å². The molecule has 2 amide bonds. The Hall–Kier alpha value is -3.07. The number of para-hydroxylation sites is 1. The molecule has 0 unspecified atom stereocenters. The highest BCUT2D eigenvalue weighted by molar-refractivity contribution is 5.91. The minimum atomic E-state index is 0.0315. The second-order valence-corrected chi connectivity index (χ2v) is 10.9. The molecule has 1 saturated carbocycles. The first kappa shape index (κ1) is 26.0. The Morgan fingerprint density at radius 2 is 1.31 bits per heavy atom. The monoisotopic (exact) mass is 482 g/mol. The number of hydrogen-bond donors (Lipinski definition) is 1. The van der Waals surface area contributed by atoms with Crippen LogP contribution in [0.5, 0.6) is 0 Å². The van der Waals surface area contributed by atoms with Gasteiger partial charge in [-0.15, -0.1) is 0 Å². The van der Waals surface area contributed by atoms with Crippen LogP contribution in [0.2, 0.25) is 0 Å². The molecule has 3 nitrogen and oxygen atoms in total. The molecule has 3 heteroatoms. The van der Waals surface area contributed by atoms with Crippen molar-refractivity contribution in [3.8, 4) is 11.1 Å². The summed E-state index contributed by atoms with van der Waals surface area (Å²) in [7, 11) is 0. The van der Waals surface area contributed by atoms with Crippen molar-refractivity contribution in [2.45, 2.75) is 90.6 Å². The fourth-order valence-corrected chi connectivity index (χ4v) is 5.44. The van der Waals surface area contributed by atoms with E-state index in [4.69, 9.17) is 0 Å². The van der Waals surface area contributed by atoms with E-state index in [1.165, 1.54) is 53.5 Å². The van der Waals surface area contributed by atoms with Gasteiger partial charge in [0.05, 0.1) is 0 Å². The number of amides is 2. The SMILES string of the molecule is CC(C)c1cccc(C(C)C)c1NC(=O)N(Cc1ccc(-c2ccccc2)cc1)C1CCCCCC1. The van der Waals surface area contributed by atoms with E-state index in [9.17, 15) is 4.79 Å². The van der Waals surface area contributed by atoms with E-state index in [-0.39, 0.29) is 12.1 Å². The van der Waals surface area contributed by atoms with Crippen LogP contribution in [0.25, 0.3) is 11.1 Å². The van der Waals surface area contributed by atoms with Crippen LogP contribution in [0, 0.1) is 0 Å². The van der Waals surface area contributed by atoms with Gasteiger partial charge in [-0.3, -0.25) is 0 Å². The number of anilines is 1. The average molecular weight is 483 g/mol. The molecule has 0 spiro atoms. The van der Waals surface area contributed by atoms with E-state index >= 15 is 0 Å². The summed E-state index contributed by atoms with van der Waals surface area (Å²) in [4.78, 5) is 16.1. The second kappa shape index (κ2) is 12.3. The fraction of sp³-hybridized carbons (Fsp3) is 0.424. The molecule has 0 aromatic heterocycles. The number of benzene rings is 3. The molecule has 1 N–H and O–H groups in total. The van der Waals surface area contributed by atoms with Gasteiger partial charge < -0.3 is 10.2 Å². The minimum absolute atomic E-state index is 0.0315. The molecule has 0 radical (unpaired) electrons. The summed E-state index contributed by atoms with van der Waals surface area (Å²) in [5.74, 6) is 0.687. The first-order valence-electron chi connectivity index (χ1n) is 13.8. The van der Waals surface area contributed by atoms with Gasteiger partial charge in [-0.1, -0.05) is 126 Å². The second-order valence-electron chi connectivity index (χ2n) is 10.9. The van der Waals surface area contributed by atoms with E-state index in [0.29, 0.717) is 18.4 Å². The van der Waals surface area contributed by atoms with E-state index in [2.05, 4.69) is 105 Å². The molecule has 3 aromatic rings. The maximum absolute atomic E-state index is 14.0. The topological polar surface area (TPSA) is 32.3 Å². The van der Waals surface area contributed by atoms with Gasteiger partial charge in [-0.05, 0) is 52.5 Å². The van der Waals surface area contributed by atoms with Crippen LogP contribution in [0.1, 0.15) is 94.7 Å². The Balaban J connectivity index is 1.61. The zero-order valence-corrected chi connectivity index (χ0v) is 22.5. The summed E-state index contributed by atoms with van der Waals surface area (Å²) in [5.41, 5.74) is 7.03. The van der Waals surface area contributed by atoms with Crippen molar-refractivity contribution < 1.29 is 4.79 Å². The van der Waals surface area contributed by atoms with Crippen LogP contribution < -0.4 is 5.32 Å². The predicted octanol–water partition coefficient (Wildman–Crippen LogP) is 9.36. The highest BCUT2D eigenvalue weighted by atomic mass is 16.2. The zero-order valence-electron chi connectivity index (χ0n) is 22.5. The summed E-state index contributed by atoms with van der Waals surface area (Å²) in [6, 6.07) is 25.9. The van der Waals surface area contributed by atoms with E-state index in [0.717, 1.165) is 18.5 Å². The molecule has 0 saturated heterocycles. The molecule has 1 aliphatic rings. The van der Waals surface area contributed by atoms with Crippen LogP contribution in [0.3, 0.4) is 0 Å². The third-order valence-corrected chi connectivity index (χ3v) is 7.55. The Bertz CT molecular complexity index is 1080. The number of rotatable bonds is 7. The van der Waals surface area contributed by atoms with Crippen molar-refractivity contribution >= 4 is 11.7 Å². The molecular formula is C33H42N2O. The number of nitrogens with one attached hydrogen (secondary N) is 1.